The molecular formula is C34H48O5Si. The van der Waals surface area contributed by atoms with E-state index in [1.54, 1.807) is 0 Å². The Morgan fingerprint density at radius 3 is 2.20 bits per heavy atom. The van der Waals surface area contributed by atoms with Crippen LogP contribution in [0.5, 0.6) is 0 Å². The van der Waals surface area contributed by atoms with Crippen molar-refractivity contribution in [3.05, 3.63) is 84.0 Å². The molecule has 40 heavy (non-hydrogen) atoms. The minimum absolute atomic E-state index is 0.0416. The molecule has 1 unspecified atom stereocenters. The zero-order valence-corrected chi connectivity index (χ0v) is 26.1. The second-order valence-electron chi connectivity index (χ2n) is 12.6. The summed E-state index contributed by atoms with van der Waals surface area (Å²) in [5.41, 5.74) is 1.16. The van der Waals surface area contributed by atoms with Gasteiger partial charge >= 0.3 is 0 Å². The van der Waals surface area contributed by atoms with Crippen LogP contribution in [0.25, 0.3) is 0 Å². The van der Waals surface area contributed by atoms with Crippen molar-refractivity contribution >= 4 is 18.7 Å². The van der Waals surface area contributed by atoms with Crippen LogP contribution in [0.15, 0.2) is 84.0 Å². The van der Waals surface area contributed by atoms with Gasteiger partial charge in [0.1, 0.15) is 5.60 Å². The Morgan fingerprint density at radius 1 is 1.07 bits per heavy atom. The van der Waals surface area contributed by atoms with Crippen LogP contribution >= 0.6 is 0 Å². The van der Waals surface area contributed by atoms with Gasteiger partial charge in [-0.25, -0.2) is 0 Å². The van der Waals surface area contributed by atoms with Crippen LogP contribution in [0.4, 0.5) is 0 Å². The number of unbranched alkanes of at least 4 members (excludes halogenated alkanes) is 1. The predicted octanol–water partition coefficient (Wildman–Crippen LogP) is 5.70. The first-order chi connectivity index (χ1) is 19.1. The van der Waals surface area contributed by atoms with Gasteiger partial charge in [-0.15, -0.1) is 0 Å². The average molecular weight is 565 g/mol. The molecule has 5 atom stereocenters. The number of hydrogen-bond acceptors (Lipinski definition) is 5. The number of aliphatic hydroxyl groups excluding tert-OH is 2. The lowest BCUT2D eigenvalue weighted by Crippen LogP contribution is -2.66. The normalized spacial score (nSPS) is 27.7. The van der Waals surface area contributed by atoms with Gasteiger partial charge in [-0.05, 0) is 53.1 Å². The summed E-state index contributed by atoms with van der Waals surface area (Å²) in [7, 11) is -2.70. The molecule has 1 heterocycles. The second kappa shape index (κ2) is 12.8. The van der Waals surface area contributed by atoms with Gasteiger partial charge in [0, 0.05) is 5.92 Å². The fourth-order valence-corrected chi connectivity index (χ4v) is 11.0. The zero-order valence-electron chi connectivity index (χ0n) is 25.1. The van der Waals surface area contributed by atoms with E-state index < -0.39 is 26.5 Å². The van der Waals surface area contributed by atoms with E-state index in [1.807, 2.05) is 13.0 Å². The van der Waals surface area contributed by atoms with Gasteiger partial charge in [0.2, 0.25) is 0 Å². The van der Waals surface area contributed by atoms with E-state index in [2.05, 4.69) is 101 Å². The third-order valence-electron chi connectivity index (χ3n) is 8.64. The summed E-state index contributed by atoms with van der Waals surface area (Å²) in [6, 6.07) is 21.4. The van der Waals surface area contributed by atoms with Crippen LogP contribution in [0.3, 0.4) is 0 Å². The summed E-state index contributed by atoms with van der Waals surface area (Å²) >= 11 is 0. The summed E-state index contributed by atoms with van der Waals surface area (Å²) < 4.78 is 19.8. The molecule has 0 radical (unpaired) electrons. The van der Waals surface area contributed by atoms with Gasteiger partial charge in [0.05, 0.1) is 13.2 Å². The lowest BCUT2D eigenvalue weighted by molar-refractivity contribution is -0.125. The molecule has 1 aliphatic carbocycles. The highest BCUT2D eigenvalue weighted by atomic mass is 28.4. The third-order valence-corrected chi connectivity index (χ3v) is 13.6. The van der Waals surface area contributed by atoms with Crippen molar-refractivity contribution < 1.29 is 24.1 Å². The monoisotopic (exact) mass is 564 g/mol. The molecule has 1 fully saturated rings. The van der Waals surface area contributed by atoms with Crippen LogP contribution in [-0.2, 0) is 13.9 Å². The van der Waals surface area contributed by atoms with Crippen molar-refractivity contribution in [2.75, 3.05) is 13.2 Å². The summed E-state index contributed by atoms with van der Waals surface area (Å²) in [5.74, 6) is -0.115. The topological polar surface area (TPSA) is 68.2 Å². The summed E-state index contributed by atoms with van der Waals surface area (Å²) in [6.07, 6.45) is 6.19. The van der Waals surface area contributed by atoms with Gasteiger partial charge < -0.3 is 24.1 Å². The lowest BCUT2D eigenvalue weighted by atomic mass is 9.71. The number of hydrogen-bond donors (Lipinski definition) is 2. The van der Waals surface area contributed by atoms with E-state index >= 15 is 0 Å². The molecule has 0 bridgehead atoms. The summed E-state index contributed by atoms with van der Waals surface area (Å²) in [5, 5.41) is 23.5. The number of rotatable bonds is 10. The van der Waals surface area contributed by atoms with Crippen LogP contribution in [0.2, 0.25) is 5.04 Å². The molecule has 0 saturated carbocycles. The lowest BCUT2D eigenvalue weighted by Gasteiger charge is -2.45. The highest BCUT2D eigenvalue weighted by Crippen LogP contribution is 2.48. The summed E-state index contributed by atoms with van der Waals surface area (Å²) in [4.78, 5) is 0. The molecule has 5 nitrogen and oxygen atoms in total. The molecule has 2 aliphatic rings. The Hall–Kier alpha value is -2.06. The Balaban J connectivity index is 1.73. The minimum Gasteiger partial charge on any atom is -0.403 e. The minimum atomic E-state index is -2.70. The molecule has 0 amide bonds. The highest BCUT2D eigenvalue weighted by Gasteiger charge is 2.56. The largest absolute Gasteiger partial charge is 0.403 e. The van der Waals surface area contributed by atoms with Crippen molar-refractivity contribution in [2.45, 2.75) is 90.4 Å². The van der Waals surface area contributed by atoms with E-state index in [-0.39, 0.29) is 23.5 Å². The van der Waals surface area contributed by atoms with Crippen LogP contribution in [-0.4, -0.2) is 49.9 Å². The van der Waals surface area contributed by atoms with Gasteiger partial charge in [-0.2, -0.15) is 0 Å². The maximum Gasteiger partial charge on any atom is 0.261 e. The second-order valence-corrected chi connectivity index (χ2v) is 16.9. The van der Waals surface area contributed by atoms with Gasteiger partial charge in [-0.1, -0.05) is 119 Å². The van der Waals surface area contributed by atoms with Gasteiger partial charge in [-0.3, -0.25) is 0 Å². The van der Waals surface area contributed by atoms with E-state index in [0.717, 1.165) is 24.8 Å². The fourth-order valence-electron chi connectivity index (χ4n) is 6.45. The molecule has 218 valence electrons. The first-order valence-electron chi connectivity index (χ1n) is 14.8. The van der Waals surface area contributed by atoms with Crippen molar-refractivity contribution in [3.8, 4) is 0 Å². The number of aliphatic hydroxyl groups is 2. The zero-order chi connectivity index (χ0) is 29.0. The Morgan fingerprint density at radius 2 is 1.68 bits per heavy atom. The van der Waals surface area contributed by atoms with Gasteiger partial charge in [0.25, 0.3) is 8.32 Å². The number of ether oxygens (including phenoxy) is 2. The smallest absolute Gasteiger partial charge is 0.261 e. The Bertz CT molecular complexity index is 1120. The molecule has 1 saturated heterocycles. The van der Waals surface area contributed by atoms with Crippen LogP contribution in [0, 0.1) is 11.8 Å². The fraction of sp³-hybridized carbons (Fsp3) is 0.529. The predicted molar refractivity (Wildman–Crippen MR) is 164 cm³/mol. The molecule has 2 aromatic carbocycles. The Labute approximate surface area is 242 Å². The van der Waals surface area contributed by atoms with Gasteiger partial charge in [0.15, 0.2) is 12.6 Å². The maximum atomic E-state index is 11.2. The molecule has 0 aromatic heterocycles. The van der Waals surface area contributed by atoms with Crippen molar-refractivity contribution in [1.82, 2.24) is 0 Å². The molecule has 1 aliphatic heterocycles. The quantitative estimate of drug-likeness (QED) is 0.286. The first kappa shape index (κ1) is 30.9. The molecule has 4 rings (SSSR count). The highest BCUT2D eigenvalue weighted by molar-refractivity contribution is 6.99. The number of benzene rings is 2. The van der Waals surface area contributed by atoms with Crippen molar-refractivity contribution in [2.24, 2.45) is 11.8 Å². The third kappa shape index (κ3) is 6.08. The standard InChI is InChI=1S/C34H48O5Si/c1-7-8-19-31-38-32(36)34(39-31)22-26(3)27(21-28(34)20-25(2)23-35)24-37-40(33(4,5)6,29-15-11-9-12-16-29)30-17-13-10-14-18-30/h9-18,20-21,26,28,31-32,35-36H,7-8,19,22-24H2,1-6H3/b25-20+/t26-,28-,31-,32?,34-/m0/s1. The maximum absolute atomic E-state index is 11.2. The molecule has 6 heteroatoms. The van der Waals surface area contributed by atoms with E-state index in [1.165, 1.54) is 15.9 Å². The molecule has 2 aromatic rings. The summed E-state index contributed by atoms with van der Waals surface area (Å²) in [6.45, 7) is 13.6. The van der Waals surface area contributed by atoms with Crippen molar-refractivity contribution in [1.29, 1.82) is 0 Å². The molecule has 1 spiro atoms. The first-order valence-corrected chi connectivity index (χ1v) is 16.7. The van der Waals surface area contributed by atoms with E-state index in [4.69, 9.17) is 13.9 Å². The average Bonchev–Trinajstić information content (AvgIpc) is 3.25. The molecule has 2 N–H and O–H groups in total. The van der Waals surface area contributed by atoms with Crippen molar-refractivity contribution in [3.63, 3.8) is 0 Å². The molecular weight excluding hydrogens is 516 g/mol. The van der Waals surface area contributed by atoms with Crippen LogP contribution in [0.1, 0.15) is 67.2 Å². The van der Waals surface area contributed by atoms with Crippen LogP contribution < -0.4 is 10.4 Å². The SMILES string of the molecule is CCCC[C@H]1OC(O)[C@@]2(C[C@H](C)C(CO[Si](c3ccccc3)(c3ccccc3)C(C)(C)C)=C[C@@H]2/C=C(\C)CO)O1. The van der Waals surface area contributed by atoms with E-state index in [9.17, 15) is 10.2 Å². The Kier molecular flexibility index (Phi) is 9.92. The van der Waals surface area contributed by atoms with E-state index in [0.29, 0.717) is 13.0 Å².